The van der Waals surface area contributed by atoms with Gasteiger partial charge in [-0.3, -0.25) is 9.59 Å². The van der Waals surface area contributed by atoms with Crippen molar-refractivity contribution in [1.82, 2.24) is 5.32 Å². The van der Waals surface area contributed by atoms with E-state index in [1.54, 1.807) is 0 Å². The van der Waals surface area contributed by atoms with E-state index in [2.05, 4.69) is 26.1 Å². The fourth-order valence-corrected chi connectivity index (χ4v) is 8.95. The van der Waals surface area contributed by atoms with E-state index in [0.29, 0.717) is 25.2 Å². The number of carboxylic acid groups (broad SMARTS) is 1. The summed E-state index contributed by atoms with van der Waals surface area (Å²) in [5.74, 6) is 0.265. The molecule has 33 heavy (non-hydrogen) atoms. The number of aliphatic carboxylic acids is 1. The summed E-state index contributed by atoms with van der Waals surface area (Å²) in [6, 6.07) is 0. The summed E-state index contributed by atoms with van der Waals surface area (Å²) in [7, 11) is 0. The number of rotatable bonds is 6. The number of carbonyl (C=O) groups excluding carboxylic acids is 1. The van der Waals surface area contributed by atoms with Gasteiger partial charge in [0, 0.05) is 6.42 Å². The summed E-state index contributed by atoms with van der Waals surface area (Å²) in [6.07, 6.45) is 5.86. The summed E-state index contributed by atoms with van der Waals surface area (Å²) in [6.45, 7) is 6.35. The van der Waals surface area contributed by atoms with Crippen molar-refractivity contribution < 1.29 is 30.0 Å². The standard InChI is InChI=1S/C26H43NO6/c1-14(4-7-22(31)27-13-23(32)33)17-5-6-18-24-19(12-21(30)26(17,18)3)25(2)9-8-16(28)10-15(25)11-20(24)29/h14-21,24,28-30H,4-13H2,1-3H3,(H,27,31)(H,32,33)/t14?,15?,16-,17-,18?,19?,20-,21+,24?,25+,26-/m1/s1. The van der Waals surface area contributed by atoms with Gasteiger partial charge in [-0.1, -0.05) is 20.8 Å². The van der Waals surface area contributed by atoms with Gasteiger partial charge < -0.3 is 25.7 Å². The topological polar surface area (TPSA) is 127 Å². The van der Waals surface area contributed by atoms with Crippen LogP contribution in [0.4, 0.5) is 0 Å². The third-order valence-corrected chi connectivity index (χ3v) is 10.8. The molecule has 0 aliphatic heterocycles. The van der Waals surface area contributed by atoms with Crippen LogP contribution in [0.2, 0.25) is 0 Å². The first-order valence-corrected chi connectivity index (χ1v) is 13.0. The van der Waals surface area contributed by atoms with Crippen LogP contribution in [-0.4, -0.2) is 57.2 Å². The highest BCUT2D eigenvalue weighted by atomic mass is 16.4. The molecule has 0 aromatic heterocycles. The number of amides is 1. The summed E-state index contributed by atoms with van der Waals surface area (Å²) >= 11 is 0. The number of aliphatic hydroxyl groups is 3. The number of aliphatic hydroxyl groups excluding tert-OH is 3. The molecule has 4 rings (SSSR count). The van der Waals surface area contributed by atoms with Crippen LogP contribution in [0.3, 0.4) is 0 Å². The smallest absolute Gasteiger partial charge is 0.322 e. The van der Waals surface area contributed by atoms with Crippen LogP contribution in [-0.2, 0) is 9.59 Å². The van der Waals surface area contributed by atoms with Crippen LogP contribution in [0.15, 0.2) is 0 Å². The SMILES string of the molecule is CC(CCC(=O)NCC(=O)O)[C@H]1CCC2C3C(C[C@H](O)[C@@]21C)[C@@]1(C)CC[C@@H](O)CC1C[C@H]3O. The molecule has 11 atom stereocenters. The van der Waals surface area contributed by atoms with Crippen LogP contribution in [0.1, 0.15) is 78.6 Å². The van der Waals surface area contributed by atoms with Crippen molar-refractivity contribution in [3.05, 3.63) is 0 Å². The predicted molar refractivity (Wildman–Crippen MR) is 123 cm³/mol. The highest BCUT2D eigenvalue weighted by Gasteiger charge is 2.65. The first-order valence-electron chi connectivity index (χ1n) is 13.0. The minimum atomic E-state index is -1.04. The Balaban J connectivity index is 1.49. The fourth-order valence-electron chi connectivity index (χ4n) is 8.95. The number of carboxylic acids is 1. The molecule has 7 nitrogen and oxygen atoms in total. The molecule has 5 unspecified atom stereocenters. The van der Waals surface area contributed by atoms with Gasteiger partial charge >= 0.3 is 5.97 Å². The van der Waals surface area contributed by atoms with Crippen LogP contribution >= 0.6 is 0 Å². The van der Waals surface area contributed by atoms with Crippen molar-refractivity contribution in [3.63, 3.8) is 0 Å². The van der Waals surface area contributed by atoms with Crippen molar-refractivity contribution in [2.75, 3.05) is 6.54 Å². The lowest BCUT2D eigenvalue weighted by Gasteiger charge is -2.63. The van der Waals surface area contributed by atoms with E-state index in [1.807, 2.05) is 0 Å². The second kappa shape index (κ2) is 9.12. The Hall–Kier alpha value is -1.18. The van der Waals surface area contributed by atoms with Gasteiger partial charge in [-0.25, -0.2) is 0 Å². The maximum absolute atomic E-state index is 12.0. The molecule has 0 aromatic carbocycles. The highest BCUT2D eigenvalue weighted by molar-refractivity contribution is 5.81. The lowest BCUT2D eigenvalue weighted by atomic mass is 9.43. The van der Waals surface area contributed by atoms with Crippen molar-refractivity contribution >= 4 is 11.9 Å². The molecule has 0 spiro atoms. The molecule has 7 heteroatoms. The van der Waals surface area contributed by atoms with E-state index in [-0.39, 0.29) is 65.1 Å². The minimum absolute atomic E-state index is 0.0668. The van der Waals surface area contributed by atoms with E-state index in [1.165, 1.54) is 0 Å². The van der Waals surface area contributed by atoms with Crippen molar-refractivity contribution in [1.29, 1.82) is 0 Å². The molecule has 4 aliphatic carbocycles. The average molecular weight is 466 g/mol. The zero-order valence-corrected chi connectivity index (χ0v) is 20.4. The number of fused-ring (bicyclic) bond motifs is 5. The average Bonchev–Trinajstić information content (AvgIpc) is 3.11. The molecule has 0 heterocycles. The lowest BCUT2D eigenvalue weighted by molar-refractivity contribution is -0.207. The van der Waals surface area contributed by atoms with Crippen LogP contribution in [0.25, 0.3) is 0 Å². The minimum Gasteiger partial charge on any atom is -0.480 e. The normalized spacial score (nSPS) is 47.7. The fraction of sp³-hybridized carbons (Fsp3) is 0.923. The molecular weight excluding hydrogens is 422 g/mol. The predicted octanol–water partition coefficient (Wildman–Crippen LogP) is 2.56. The zero-order valence-electron chi connectivity index (χ0n) is 20.4. The molecule has 0 saturated heterocycles. The molecule has 0 radical (unpaired) electrons. The molecular formula is C26H43NO6. The zero-order chi connectivity index (χ0) is 24.1. The third kappa shape index (κ3) is 4.23. The summed E-state index contributed by atoms with van der Waals surface area (Å²) < 4.78 is 0. The number of nitrogens with one attached hydrogen (secondary N) is 1. The second-order valence-electron chi connectivity index (χ2n) is 12.2. The Bertz CT molecular complexity index is 759. The van der Waals surface area contributed by atoms with Gasteiger partial charge in [0.25, 0.3) is 0 Å². The summed E-state index contributed by atoms with van der Waals surface area (Å²) in [5.41, 5.74) is -0.214. The lowest BCUT2D eigenvalue weighted by Crippen LogP contribution is -2.62. The van der Waals surface area contributed by atoms with Gasteiger partial charge in [-0.2, -0.15) is 0 Å². The number of hydrogen-bond donors (Lipinski definition) is 5. The van der Waals surface area contributed by atoms with Gasteiger partial charge in [0.05, 0.1) is 18.3 Å². The quantitative estimate of drug-likeness (QED) is 0.410. The largest absolute Gasteiger partial charge is 0.480 e. The van der Waals surface area contributed by atoms with E-state index in [4.69, 9.17) is 5.11 Å². The number of carbonyl (C=O) groups is 2. The van der Waals surface area contributed by atoms with E-state index in [0.717, 1.165) is 38.5 Å². The van der Waals surface area contributed by atoms with Gasteiger partial charge in [0.2, 0.25) is 5.91 Å². The Morgan fingerprint density at radius 3 is 2.45 bits per heavy atom. The molecule has 0 aromatic rings. The van der Waals surface area contributed by atoms with Gasteiger partial charge in [0.1, 0.15) is 6.54 Å². The first kappa shape index (κ1) is 24.9. The monoisotopic (exact) mass is 465 g/mol. The molecule has 4 aliphatic rings. The van der Waals surface area contributed by atoms with E-state index >= 15 is 0 Å². The first-order chi connectivity index (χ1) is 15.5. The molecule has 188 valence electrons. The Morgan fingerprint density at radius 2 is 1.76 bits per heavy atom. The molecule has 4 fully saturated rings. The highest BCUT2D eigenvalue weighted by Crippen LogP contribution is 2.68. The van der Waals surface area contributed by atoms with Crippen molar-refractivity contribution in [3.8, 4) is 0 Å². The maximum Gasteiger partial charge on any atom is 0.322 e. The summed E-state index contributed by atoms with van der Waals surface area (Å²) in [5, 5.41) is 44.4. The van der Waals surface area contributed by atoms with E-state index < -0.39 is 12.1 Å². The molecule has 1 amide bonds. The maximum atomic E-state index is 12.0. The Kier molecular flexibility index (Phi) is 6.89. The Morgan fingerprint density at radius 1 is 1.03 bits per heavy atom. The second-order valence-corrected chi connectivity index (χ2v) is 12.2. The summed E-state index contributed by atoms with van der Waals surface area (Å²) in [4.78, 5) is 22.7. The number of hydrogen-bond acceptors (Lipinski definition) is 5. The van der Waals surface area contributed by atoms with Crippen molar-refractivity contribution in [2.24, 2.45) is 46.3 Å². The van der Waals surface area contributed by atoms with Crippen LogP contribution in [0.5, 0.6) is 0 Å². The molecule has 0 bridgehead atoms. The molecule has 4 saturated carbocycles. The Labute approximate surface area is 197 Å². The van der Waals surface area contributed by atoms with Crippen LogP contribution < -0.4 is 5.32 Å². The van der Waals surface area contributed by atoms with Gasteiger partial charge in [-0.15, -0.1) is 0 Å². The van der Waals surface area contributed by atoms with Crippen LogP contribution in [0, 0.1) is 46.3 Å². The molecule has 5 N–H and O–H groups in total. The van der Waals surface area contributed by atoms with Gasteiger partial charge in [-0.05, 0) is 97.7 Å². The third-order valence-electron chi connectivity index (χ3n) is 10.8. The van der Waals surface area contributed by atoms with E-state index in [9.17, 15) is 24.9 Å². The van der Waals surface area contributed by atoms with Crippen molar-refractivity contribution in [2.45, 2.75) is 96.9 Å². The van der Waals surface area contributed by atoms with Gasteiger partial charge in [0.15, 0.2) is 0 Å².